The topological polar surface area (TPSA) is 116 Å². The van der Waals surface area contributed by atoms with Crippen LogP contribution in [0, 0.1) is 10.1 Å². The summed E-state index contributed by atoms with van der Waals surface area (Å²) in [7, 11) is -3.48. The number of morpholine rings is 1. The number of non-ortho nitro benzene ring substituents is 1. The van der Waals surface area contributed by atoms with E-state index in [0.29, 0.717) is 18.7 Å². The van der Waals surface area contributed by atoms with E-state index in [9.17, 15) is 18.5 Å². The van der Waals surface area contributed by atoms with Gasteiger partial charge in [-0.25, -0.2) is 8.42 Å². The molecule has 1 atom stereocenters. The molecule has 2 rings (SSSR count). The van der Waals surface area contributed by atoms with Crippen LogP contribution in [0.4, 0.5) is 5.69 Å². The van der Waals surface area contributed by atoms with E-state index in [1.165, 1.54) is 28.6 Å². The molecule has 0 aromatic heterocycles. The maximum Gasteiger partial charge on any atom is 0.269 e. The molecule has 0 saturated carbocycles. The van der Waals surface area contributed by atoms with E-state index in [0.717, 1.165) is 0 Å². The molecule has 1 aliphatic rings. The number of halogens is 1. The average Bonchev–Trinajstić information content (AvgIpc) is 2.47. The fourth-order valence-corrected chi connectivity index (χ4v) is 3.65. The number of sulfonamides is 1. The molecule has 1 unspecified atom stereocenters. The number of hydrogen-bond donors (Lipinski definition) is 1. The Kier molecular flexibility index (Phi) is 6.69. The predicted octanol–water partition coefficient (Wildman–Crippen LogP) is 0.506. The summed E-state index contributed by atoms with van der Waals surface area (Å²) >= 11 is 0. The van der Waals surface area contributed by atoms with Crippen molar-refractivity contribution in [2.45, 2.75) is 11.9 Å². The average molecular weight is 352 g/mol. The molecule has 8 nitrogen and oxygen atoms in total. The minimum Gasteiger partial charge on any atom is -0.374 e. The van der Waals surface area contributed by atoms with Crippen molar-refractivity contribution in [3.05, 3.63) is 39.9 Å². The smallest absolute Gasteiger partial charge is 0.269 e. The Morgan fingerprint density at radius 2 is 2.00 bits per heavy atom. The van der Waals surface area contributed by atoms with Gasteiger partial charge < -0.3 is 10.5 Å². The molecular weight excluding hydrogens is 334 g/mol. The van der Waals surface area contributed by atoms with E-state index < -0.39 is 14.9 Å². The number of nitro benzene ring substituents is 1. The first-order chi connectivity index (χ1) is 9.92. The van der Waals surface area contributed by atoms with Gasteiger partial charge in [-0.05, 0) is 5.56 Å². The van der Waals surface area contributed by atoms with E-state index in [1.807, 2.05) is 0 Å². The van der Waals surface area contributed by atoms with Gasteiger partial charge in [0.1, 0.15) is 0 Å². The van der Waals surface area contributed by atoms with Gasteiger partial charge in [0.25, 0.3) is 5.69 Å². The molecule has 22 heavy (non-hydrogen) atoms. The number of ether oxygens (including phenoxy) is 1. The molecule has 124 valence electrons. The molecule has 2 N–H and O–H groups in total. The molecule has 1 heterocycles. The first-order valence-corrected chi connectivity index (χ1v) is 8.06. The fraction of sp³-hybridized carbons (Fsp3) is 0.500. The summed E-state index contributed by atoms with van der Waals surface area (Å²) in [5, 5.41) is 10.6. The zero-order chi connectivity index (χ0) is 15.5. The molecule has 0 spiro atoms. The van der Waals surface area contributed by atoms with Crippen LogP contribution in [0.3, 0.4) is 0 Å². The molecule has 1 aliphatic heterocycles. The highest BCUT2D eigenvalue weighted by Crippen LogP contribution is 2.17. The van der Waals surface area contributed by atoms with Crippen LogP contribution in [0.15, 0.2) is 24.3 Å². The number of hydrogen-bond acceptors (Lipinski definition) is 6. The molecule has 0 radical (unpaired) electrons. The van der Waals surface area contributed by atoms with Gasteiger partial charge in [-0.3, -0.25) is 10.1 Å². The zero-order valence-corrected chi connectivity index (χ0v) is 13.4. The molecule has 10 heteroatoms. The zero-order valence-electron chi connectivity index (χ0n) is 11.8. The van der Waals surface area contributed by atoms with Gasteiger partial charge in [0.15, 0.2) is 0 Å². The fourth-order valence-electron chi connectivity index (χ4n) is 2.10. The van der Waals surface area contributed by atoms with E-state index >= 15 is 0 Å². The molecule has 0 aliphatic carbocycles. The molecule has 1 aromatic rings. The van der Waals surface area contributed by atoms with Crippen molar-refractivity contribution >= 4 is 28.1 Å². The lowest BCUT2D eigenvalue weighted by atomic mass is 10.2. The number of rotatable bonds is 5. The number of nitro groups is 1. The number of nitrogens with zero attached hydrogens (tertiary/aromatic N) is 2. The second-order valence-electron chi connectivity index (χ2n) is 4.77. The van der Waals surface area contributed by atoms with E-state index in [4.69, 9.17) is 10.5 Å². The highest BCUT2D eigenvalue weighted by molar-refractivity contribution is 7.88. The minimum atomic E-state index is -3.48. The maximum atomic E-state index is 12.3. The molecule has 1 fully saturated rings. The Balaban J connectivity index is 0.00000242. The van der Waals surface area contributed by atoms with Crippen LogP contribution in [0.1, 0.15) is 5.56 Å². The SMILES string of the molecule is Cl.NCC1CN(S(=O)(=O)Cc2ccc([N+](=O)[O-])cc2)CCO1. The second kappa shape index (κ2) is 7.84. The minimum absolute atomic E-state index is 0. The predicted molar refractivity (Wildman–Crippen MR) is 83.3 cm³/mol. The van der Waals surface area contributed by atoms with Crippen LogP contribution < -0.4 is 5.73 Å². The highest BCUT2D eigenvalue weighted by Gasteiger charge is 2.29. The van der Waals surface area contributed by atoms with Crippen molar-refractivity contribution in [3.63, 3.8) is 0 Å². The van der Waals surface area contributed by atoms with Crippen molar-refractivity contribution in [1.29, 1.82) is 0 Å². The Morgan fingerprint density at radius 1 is 1.36 bits per heavy atom. The molecule has 0 bridgehead atoms. The number of nitrogens with two attached hydrogens (primary N) is 1. The molecule has 1 saturated heterocycles. The summed E-state index contributed by atoms with van der Waals surface area (Å²) in [5.41, 5.74) is 5.94. The molecular formula is C12H18ClN3O5S. The third-order valence-electron chi connectivity index (χ3n) is 3.25. The summed E-state index contributed by atoms with van der Waals surface area (Å²) < 4.78 is 31.4. The van der Waals surface area contributed by atoms with Crippen LogP contribution >= 0.6 is 12.4 Å². The van der Waals surface area contributed by atoms with Crippen molar-refractivity contribution < 1.29 is 18.1 Å². The van der Waals surface area contributed by atoms with Gasteiger partial charge in [-0.15, -0.1) is 12.4 Å². The largest absolute Gasteiger partial charge is 0.374 e. The summed E-state index contributed by atoms with van der Waals surface area (Å²) in [6.07, 6.45) is -0.287. The molecule has 1 aromatic carbocycles. The lowest BCUT2D eigenvalue weighted by molar-refractivity contribution is -0.384. The monoisotopic (exact) mass is 351 g/mol. The van der Waals surface area contributed by atoms with Crippen molar-refractivity contribution in [2.24, 2.45) is 5.73 Å². The lowest BCUT2D eigenvalue weighted by Gasteiger charge is -2.31. The normalized spacial score (nSPS) is 19.4. The van der Waals surface area contributed by atoms with Gasteiger partial charge in [-0.2, -0.15) is 4.31 Å². The second-order valence-corrected chi connectivity index (χ2v) is 6.74. The quantitative estimate of drug-likeness (QED) is 0.610. The number of benzene rings is 1. The van der Waals surface area contributed by atoms with E-state index in [2.05, 4.69) is 0 Å². The van der Waals surface area contributed by atoms with Gasteiger partial charge in [0.2, 0.25) is 10.0 Å². The van der Waals surface area contributed by atoms with Crippen LogP contribution in [-0.2, 0) is 20.5 Å². The third-order valence-corrected chi connectivity index (χ3v) is 5.07. The van der Waals surface area contributed by atoms with Crippen LogP contribution in [0.2, 0.25) is 0 Å². The Morgan fingerprint density at radius 3 is 2.55 bits per heavy atom. The van der Waals surface area contributed by atoms with E-state index in [-0.39, 0.29) is 43.0 Å². The van der Waals surface area contributed by atoms with Gasteiger partial charge in [0, 0.05) is 31.8 Å². The standard InChI is InChI=1S/C12H17N3O5S.ClH/c13-7-12-8-14(5-6-20-12)21(18,19)9-10-1-3-11(4-2-10)15(16)17;/h1-4,12H,5-9,13H2;1H. The van der Waals surface area contributed by atoms with Crippen LogP contribution in [-0.4, -0.2) is 50.0 Å². The van der Waals surface area contributed by atoms with Crippen LogP contribution in [0.25, 0.3) is 0 Å². The lowest BCUT2D eigenvalue weighted by Crippen LogP contribution is -2.48. The first-order valence-electron chi connectivity index (χ1n) is 6.45. The summed E-state index contributed by atoms with van der Waals surface area (Å²) in [6, 6.07) is 5.51. The summed E-state index contributed by atoms with van der Waals surface area (Å²) in [6.45, 7) is 1.13. The van der Waals surface area contributed by atoms with E-state index in [1.54, 1.807) is 0 Å². The first kappa shape index (κ1) is 18.8. The van der Waals surface area contributed by atoms with Crippen molar-refractivity contribution in [1.82, 2.24) is 4.31 Å². The Hall–Kier alpha value is -1.26. The van der Waals surface area contributed by atoms with Crippen molar-refractivity contribution in [3.8, 4) is 0 Å². The molecule has 0 amide bonds. The summed E-state index contributed by atoms with van der Waals surface area (Å²) in [5.74, 6) is -0.192. The Labute approximate surface area is 134 Å². The van der Waals surface area contributed by atoms with Gasteiger partial charge >= 0.3 is 0 Å². The van der Waals surface area contributed by atoms with Crippen molar-refractivity contribution in [2.75, 3.05) is 26.2 Å². The summed E-state index contributed by atoms with van der Waals surface area (Å²) in [4.78, 5) is 10.0. The van der Waals surface area contributed by atoms with Gasteiger partial charge in [-0.1, -0.05) is 12.1 Å². The third kappa shape index (κ3) is 4.62. The van der Waals surface area contributed by atoms with Crippen LogP contribution in [0.5, 0.6) is 0 Å². The Bertz CT molecular complexity index is 608. The maximum absolute atomic E-state index is 12.3. The highest BCUT2D eigenvalue weighted by atomic mass is 35.5. The van der Waals surface area contributed by atoms with Gasteiger partial charge in [0.05, 0.1) is 23.4 Å².